The zero-order valence-corrected chi connectivity index (χ0v) is 6.14. The van der Waals surface area contributed by atoms with Crippen molar-refractivity contribution in [3.63, 3.8) is 0 Å². The Bertz CT molecular complexity index is 230. The molecule has 0 aromatic rings. The van der Waals surface area contributed by atoms with Gasteiger partial charge in [0.25, 0.3) is 0 Å². The van der Waals surface area contributed by atoms with Crippen molar-refractivity contribution in [2.45, 2.75) is 0 Å². The molecule has 0 bridgehead atoms. The maximum atomic E-state index is 8.98. The molecule has 58 valence electrons. The Morgan fingerprint density at radius 1 is 1.73 bits per heavy atom. The van der Waals surface area contributed by atoms with Crippen molar-refractivity contribution in [1.82, 2.24) is 5.06 Å². The third-order valence-corrected chi connectivity index (χ3v) is 0.990. The summed E-state index contributed by atoms with van der Waals surface area (Å²) in [5, 5.41) is 26.2. The van der Waals surface area contributed by atoms with E-state index >= 15 is 0 Å². The van der Waals surface area contributed by atoms with E-state index in [9.17, 15) is 0 Å². The second-order valence-corrected chi connectivity index (χ2v) is 1.56. The maximum absolute atomic E-state index is 8.98. The topological polar surface area (TPSA) is 84.6 Å². The lowest BCUT2D eigenvalue weighted by Gasteiger charge is -2.09. The van der Waals surface area contributed by atoms with Crippen molar-refractivity contribution >= 4 is 0 Å². The number of aliphatic hydroxyl groups excluding tert-OH is 1. The van der Waals surface area contributed by atoms with Crippen molar-refractivity contribution in [3.8, 4) is 6.07 Å². The molecule has 0 saturated carbocycles. The van der Waals surface area contributed by atoms with Gasteiger partial charge in [-0.3, -0.25) is 4.84 Å². The van der Waals surface area contributed by atoms with Gasteiger partial charge in [0.15, 0.2) is 4.98 Å². The molecule has 0 fully saturated rings. The zero-order valence-electron chi connectivity index (χ0n) is 6.14. The fraction of sp³-hybridized carbons (Fsp3) is 0.400. The molecule has 0 amide bonds. The third-order valence-electron chi connectivity index (χ3n) is 0.990. The number of hydrogen-bond donors (Lipinski definition) is 1. The summed E-state index contributed by atoms with van der Waals surface area (Å²) in [6.07, 6.45) is 0. The molecule has 0 unspecified atom stereocenters. The molecule has 0 aromatic carbocycles. The summed E-state index contributed by atoms with van der Waals surface area (Å²) in [6, 6.07) is 1.46. The summed E-state index contributed by atoms with van der Waals surface area (Å²) in [5.74, 6) is -0.544. The first-order chi connectivity index (χ1) is 5.17. The van der Waals surface area contributed by atoms with Crippen LogP contribution in [-0.4, -0.2) is 24.3 Å². The van der Waals surface area contributed by atoms with Crippen LogP contribution in [-0.2, 0) is 4.84 Å². The van der Waals surface area contributed by atoms with Crippen molar-refractivity contribution in [3.05, 3.63) is 16.6 Å². The van der Waals surface area contributed by atoms with E-state index in [1.54, 1.807) is 0 Å². The number of hydrogen-bond acceptors (Lipinski definition) is 5. The average molecular weight is 155 g/mol. The van der Waals surface area contributed by atoms with Gasteiger partial charge in [-0.05, 0) is 0 Å². The molecular weight excluding hydrogens is 148 g/mol. The summed E-state index contributed by atoms with van der Waals surface area (Å²) in [5.41, 5.74) is -0.505. The molecule has 11 heavy (non-hydrogen) atoms. The van der Waals surface area contributed by atoms with Crippen LogP contribution in [0.3, 0.4) is 0 Å². The highest BCUT2D eigenvalue weighted by molar-refractivity contribution is 5.27. The largest absolute Gasteiger partial charge is 0.522 e. The number of nitrogens with zero attached hydrogens (tertiary/aromatic N) is 4. The van der Waals surface area contributed by atoms with Crippen LogP contribution >= 0.6 is 0 Å². The summed E-state index contributed by atoms with van der Waals surface area (Å²) in [7, 11) is 2.65. The van der Waals surface area contributed by atoms with Crippen LogP contribution < -0.4 is 0 Å². The molecule has 0 saturated heterocycles. The van der Waals surface area contributed by atoms with Gasteiger partial charge in [-0.2, -0.15) is 5.26 Å². The molecular formula is C5H7N4O2+. The van der Waals surface area contributed by atoms with E-state index < -0.39 is 11.6 Å². The highest BCUT2D eigenvalue weighted by atomic mass is 16.7. The third kappa shape index (κ3) is 2.12. The van der Waals surface area contributed by atoms with E-state index in [2.05, 4.69) is 9.81 Å². The lowest BCUT2D eigenvalue weighted by molar-refractivity contribution is -0.110. The first-order valence-electron chi connectivity index (χ1n) is 2.63. The van der Waals surface area contributed by atoms with Crippen LogP contribution in [0.1, 0.15) is 0 Å². The van der Waals surface area contributed by atoms with Gasteiger partial charge >= 0.3 is 11.6 Å². The Balaban J connectivity index is 4.68. The fourth-order valence-electron chi connectivity index (χ4n) is 0.353. The van der Waals surface area contributed by atoms with Gasteiger partial charge in [0.1, 0.15) is 0 Å². The number of aliphatic hydroxyl groups is 1. The average Bonchev–Trinajstić information content (AvgIpc) is 2.05. The van der Waals surface area contributed by atoms with Gasteiger partial charge < -0.3 is 5.11 Å². The molecule has 6 heteroatoms. The minimum Gasteiger partial charge on any atom is -0.487 e. The molecule has 0 atom stereocenters. The lowest BCUT2D eigenvalue weighted by atomic mass is 10.5. The Morgan fingerprint density at radius 3 is 2.55 bits per heavy atom. The van der Waals surface area contributed by atoms with Gasteiger partial charge in [0, 0.05) is 7.05 Å². The van der Waals surface area contributed by atoms with E-state index in [4.69, 9.17) is 15.8 Å². The molecule has 0 aliphatic carbocycles. The first-order valence-corrected chi connectivity index (χ1v) is 2.63. The predicted octanol–water partition coefficient (Wildman–Crippen LogP) is 0.583. The smallest absolute Gasteiger partial charge is 0.487 e. The standard InChI is InChI=1S/C5H6N4O2/c1-9(11-2)5(10)4(3-6)8-7/h1-2H3/p+1/b5-4-. The Morgan fingerprint density at radius 2 is 2.27 bits per heavy atom. The highest BCUT2D eigenvalue weighted by Crippen LogP contribution is 2.05. The minimum atomic E-state index is -0.544. The van der Waals surface area contributed by atoms with Gasteiger partial charge in [0.2, 0.25) is 11.5 Å². The number of rotatable bonds is 2. The monoisotopic (exact) mass is 155 g/mol. The van der Waals surface area contributed by atoms with E-state index in [0.717, 1.165) is 5.06 Å². The Labute approximate surface area is 63.5 Å². The molecule has 0 heterocycles. The van der Waals surface area contributed by atoms with E-state index in [0.29, 0.717) is 0 Å². The van der Waals surface area contributed by atoms with Gasteiger partial charge in [-0.15, -0.1) is 0 Å². The zero-order chi connectivity index (χ0) is 8.85. The van der Waals surface area contributed by atoms with Crippen LogP contribution in [0.25, 0.3) is 4.98 Å². The Kier molecular flexibility index (Phi) is 3.43. The maximum Gasteiger partial charge on any atom is 0.522 e. The molecule has 0 spiro atoms. The minimum absolute atomic E-state index is 0.505. The Hall–Kier alpha value is -1.79. The first kappa shape index (κ1) is 9.21. The van der Waals surface area contributed by atoms with Crippen LogP contribution in [0, 0.1) is 16.7 Å². The second-order valence-electron chi connectivity index (χ2n) is 1.56. The molecule has 1 N–H and O–H groups in total. The summed E-state index contributed by atoms with van der Waals surface area (Å²) < 4.78 is 0. The van der Waals surface area contributed by atoms with E-state index in [-0.39, 0.29) is 0 Å². The number of hydroxylamine groups is 2. The molecule has 0 aromatic heterocycles. The van der Waals surface area contributed by atoms with Crippen molar-refractivity contribution in [2.24, 2.45) is 0 Å². The van der Waals surface area contributed by atoms with Crippen LogP contribution in [0.2, 0.25) is 0 Å². The quantitative estimate of drug-likeness (QED) is 0.273. The molecule has 0 aliphatic heterocycles. The molecule has 0 rings (SSSR count). The van der Waals surface area contributed by atoms with Gasteiger partial charge in [0.05, 0.1) is 7.11 Å². The van der Waals surface area contributed by atoms with Crippen LogP contribution in [0.5, 0.6) is 0 Å². The van der Waals surface area contributed by atoms with Crippen molar-refractivity contribution in [2.75, 3.05) is 14.2 Å². The van der Waals surface area contributed by atoms with E-state index in [1.807, 2.05) is 0 Å². The summed E-state index contributed by atoms with van der Waals surface area (Å²) >= 11 is 0. The number of nitriles is 1. The molecule has 6 nitrogen and oxygen atoms in total. The molecule has 0 aliphatic rings. The van der Waals surface area contributed by atoms with Gasteiger partial charge in [-0.1, -0.05) is 0 Å². The second kappa shape index (κ2) is 4.09. The summed E-state index contributed by atoms with van der Waals surface area (Å²) in [4.78, 5) is 7.02. The normalized spacial score (nSPS) is 10.9. The fourth-order valence-corrected chi connectivity index (χ4v) is 0.353. The van der Waals surface area contributed by atoms with E-state index in [1.165, 1.54) is 20.2 Å². The number of allylic oxidation sites excluding steroid dienone is 1. The van der Waals surface area contributed by atoms with Crippen LogP contribution in [0.15, 0.2) is 11.6 Å². The van der Waals surface area contributed by atoms with Gasteiger partial charge in [-0.25, -0.2) is 5.06 Å². The van der Waals surface area contributed by atoms with Crippen molar-refractivity contribution < 1.29 is 9.94 Å². The van der Waals surface area contributed by atoms with Crippen LogP contribution in [0.4, 0.5) is 0 Å². The number of diazo groups is 1. The summed E-state index contributed by atoms with van der Waals surface area (Å²) in [6.45, 7) is 0. The predicted molar refractivity (Wildman–Crippen MR) is 35.1 cm³/mol. The van der Waals surface area contributed by atoms with Crippen molar-refractivity contribution in [1.29, 1.82) is 10.7 Å². The SMILES string of the molecule is CON(C)/C(O)=C(\C#N)[N+]#N. The molecule has 0 radical (unpaired) electrons. The lowest BCUT2D eigenvalue weighted by Crippen LogP contribution is -2.16. The highest BCUT2D eigenvalue weighted by Gasteiger charge is 2.21.